The lowest BCUT2D eigenvalue weighted by atomic mass is 10.1. The van der Waals surface area contributed by atoms with Crippen LogP contribution in [0.25, 0.3) is 11.3 Å². The van der Waals surface area contributed by atoms with Crippen LogP contribution < -0.4 is 5.32 Å². The van der Waals surface area contributed by atoms with Gasteiger partial charge in [0, 0.05) is 18.0 Å². The first kappa shape index (κ1) is 14.7. The van der Waals surface area contributed by atoms with Crippen molar-refractivity contribution in [2.45, 2.75) is 25.6 Å². The minimum Gasteiger partial charge on any atom is -0.461 e. The largest absolute Gasteiger partial charge is 0.461 e. The molecule has 0 spiro atoms. The van der Waals surface area contributed by atoms with Crippen LogP contribution in [-0.4, -0.2) is 13.1 Å². The Kier molecular flexibility index (Phi) is 4.18. The van der Waals surface area contributed by atoms with E-state index in [4.69, 9.17) is 4.42 Å². The van der Waals surface area contributed by atoms with E-state index in [9.17, 15) is 13.2 Å². The summed E-state index contributed by atoms with van der Waals surface area (Å²) in [6, 6.07) is 8.88. The zero-order chi connectivity index (χ0) is 14.8. The van der Waals surface area contributed by atoms with Gasteiger partial charge in [-0.1, -0.05) is 12.1 Å². The molecule has 0 saturated heterocycles. The highest BCUT2D eigenvalue weighted by Crippen LogP contribution is 2.31. The van der Waals surface area contributed by atoms with E-state index in [2.05, 4.69) is 5.32 Å². The van der Waals surface area contributed by atoms with Crippen molar-refractivity contribution in [3.8, 4) is 11.3 Å². The zero-order valence-electron chi connectivity index (χ0n) is 11.3. The maximum absolute atomic E-state index is 12.5. The monoisotopic (exact) mass is 283 g/mol. The van der Waals surface area contributed by atoms with E-state index < -0.39 is 11.7 Å². The number of rotatable bonds is 4. The number of hydrogen-bond donors (Lipinski definition) is 1. The molecule has 0 saturated carbocycles. The Morgan fingerprint density at radius 3 is 2.30 bits per heavy atom. The number of halogens is 3. The van der Waals surface area contributed by atoms with Gasteiger partial charge in [-0.15, -0.1) is 0 Å². The third kappa shape index (κ3) is 3.42. The first-order valence-corrected chi connectivity index (χ1v) is 6.34. The normalized spacial score (nSPS) is 13.4. The first-order valence-electron chi connectivity index (χ1n) is 6.34. The average molecular weight is 283 g/mol. The van der Waals surface area contributed by atoms with E-state index in [1.165, 1.54) is 12.1 Å². The summed E-state index contributed by atoms with van der Waals surface area (Å²) < 4.78 is 43.1. The minimum atomic E-state index is -4.31. The molecule has 2 rings (SSSR count). The number of furan rings is 1. The fourth-order valence-electron chi connectivity index (χ4n) is 1.87. The topological polar surface area (TPSA) is 25.2 Å². The lowest BCUT2D eigenvalue weighted by molar-refractivity contribution is -0.137. The number of nitrogens with one attached hydrogen (secondary N) is 1. The van der Waals surface area contributed by atoms with E-state index in [0.29, 0.717) is 11.3 Å². The van der Waals surface area contributed by atoms with E-state index in [0.717, 1.165) is 24.3 Å². The van der Waals surface area contributed by atoms with E-state index >= 15 is 0 Å². The number of benzene rings is 1. The second-order valence-electron chi connectivity index (χ2n) is 4.73. The Morgan fingerprint density at radius 2 is 1.75 bits per heavy atom. The van der Waals surface area contributed by atoms with E-state index in [1.807, 2.05) is 20.0 Å². The molecule has 1 aromatic heterocycles. The second-order valence-corrected chi connectivity index (χ2v) is 4.73. The van der Waals surface area contributed by atoms with Gasteiger partial charge in [0.15, 0.2) is 0 Å². The van der Waals surface area contributed by atoms with Crippen molar-refractivity contribution >= 4 is 0 Å². The summed E-state index contributed by atoms with van der Waals surface area (Å²) in [6.45, 7) is 2.03. The van der Waals surface area contributed by atoms with Gasteiger partial charge in [-0.05, 0) is 38.2 Å². The zero-order valence-corrected chi connectivity index (χ0v) is 11.3. The van der Waals surface area contributed by atoms with E-state index in [1.54, 1.807) is 6.07 Å². The Hall–Kier alpha value is -1.75. The van der Waals surface area contributed by atoms with Crippen LogP contribution in [0.1, 0.15) is 18.2 Å². The molecule has 108 valence electrons. The third-order valence-electron chi connectivity index (χ3n) is 3.16. The molecule has 5 heteroatoms. The van der Waals surface area contributed by atoms with Crippen LogP contribution in [0.5, 0.6) is 0 Å². The highest BCUT2D eigenvalue weighted by atomic mass is 19.4. The summed E-state index contributed by atoms with van der Waals surface area (Å²) in [5.74, 6) is 1.39. The highest BCUT2D eigenvalue weighted by Gasteiger charge is 2.30. The molecule has 1 N–H and O–H groups in total. The molecule has 0 aliphatic rings. The summed E-state index contributed by atoms with van der Waals surface area (Å²) in [5.41, 5.74) is -0.0156. The van der Waals surface area contributed by atoms with Crippen LogP contribution in [0.4, 0.5) is 13.2 Å². The lowest BCUT2D eigenvalue weighted by Gasteiger charge is -2.07. The van der Waals surface area contributed by atoms with Gasteiger partial charge in [-0.25, -0.2) is 0 Å². The van der Waals surface area contributed by atoms with Gasteiger partial charge in [0.1, 0.15) is 11.5 Å². The van der Waals surface area contributed by atoms with Crippen molar-refractivity contribution in [3.63, 3.8) is 0 Å². The molecule has 2 nitrogen and oxygen atoms in total. The summed E-state index contributed by atoms with van der Waals surface area (Å²) in [4.78, 5) is 0. The second kappa shape index (κ2) is 5.71. The van der Waals surface area contributed by atoms with Gasteiger partial charge in [0.2, 0.25) is 0 Å². The summed E-state index contributed by atoms with van der Waals surface area (Å²) in [6.07, 6.45) is -3.58. The Labute approximate surface area is 115 Å². The molecule has 0 bridgehead atoms. The van der Waals surface area contributed by atoms with Crippen molar-refractivity contribution in [1.29, 1.82) is 0 Å². The Balaban J connectivity index is 2.16. The van der Waals surface area contributed by atoms with Crippen molar-refractivity contribution < 1.29 is 17.6 Å². The molecule has 20 heavy (non-hydrogen) atoms. The van der Waals surface area contributed by atoms with Gasteiger partial charge >= 0.3 is 6.18 Å². The van der Waals surface area contributed by atoms with Crippen molar-refractivity contribution in [2.75, 3.05) is 7.05 Å². The number of hydrogen-bond acceptors (Lipinski definition) is 2. The van der Waals surface area contributed by atoms with Gasteiger partial charge in [0.25, 0.3) is 0 Å². The van der Waals surface area contributed by atoms with E-state index in [-0.39, 0.29) is 6.04 Å². The third-order valence-corrected chi connectivity index (χ3v) is 3.16. The minimum absolute atomic E-state index is 0.279. The standard InChI is InChI=1S/C15H16F3NO/c1-10(19-2)9-13-7-8-14(20-13)11-3-5-12(6-4-11)15(16,17)18/h3-8,10,19H,9H2,1-2H3. The molecule has 2 aromatic rings. The van der Waals surface area contributed by atoms with Crippen LogP contribution in [0.3, 0.4) is 0 Å². The van der Waals surface area contributed by atoms with Crippen molar-refractivity contribution in [3.05, 3.63) is 47.7 Å². The van der Waals surface area contributed by atoms with Crippen LogP contribution in [0.2, 0.25) is 0 Å². The summed E-state index contributed by atoms with van der Waals surface area (Å²) in [5, 5.41) is 3.10. The van der Waals surface area contributed by atoms with Crippen molar-refractivity contribution in [1.82, 2.24) is 5.32 Å². The molecule has 1 atom stereocenters. The van der Waals surface area contributed by atoms with Gasteiger partial charge in [0.05, 0.1) is 5.56 Å². The average Bonchev–Trinajstić information content (AvgIpc) is 2.86. The SMILES string of the molecule is CNC(C)Cc1ccc(-c2ccc(C(F)(F)F)cc2)o1. The maximum atomic E-state index is 12.5. The predicted octanol–water partition coefficient (Wildman–Crippen LogP) is 4.12. The smallest absolute Gasteiger partial charge is 0.416 e. The van der Waals surface area contributed by atoms with Gasteiger partial charge < -0.3 is 9.73 Å². The molecule has 1 heterocycles. The fourth-order valence-corrected chi connectivity index (χ4v) is 1.87. The highest BCUT2D eigenvalue weighted by molar-refractivity contribution is 5.58. The summed E-state index contributed by atoms with van der Waals surface area (Å²) in [7, 11) is 1.87. The molecular formula is C15H16F3NO. The molecule has 0 aliphatic carbocycles. The molecule has 0 aliphatic heterocycles. The molecule has 1 unspecified atom stereocenters. The summed E-state index contributed by atoms with van der Waals surface area (Å²) >= 11 is 0. The molecule has 1 aromatic carbocycles. The number of likely N-dealkylation sites (N-methyl/N-ethyl adjacent to an activating group) is 1. The molecule has 0 amide bonds. The molecular weight excluding hydrogens is 267 g/mol. The Morgan fingerprint density at radius 1 is 1.10 bits per heavy atom. The quantitative estimate of drug-likeness (QED) is 0.913. The van der Waals surface area contributed by atoms with Crippen LogP contribution in [0.15, 0.2) is 40.8 Å². The van der Waals surface area contributed by atoms with Crippen molar-refractivity contribution in [2.24, 2.45) is 0 Å². The predicted molar refractivity (Wildman–Crippen MR) is 71.4 cm³/mol. The fraction of sp³-hybridized carbons (Fsp3) is 0.333. The lowest BCUT2D eigenvalue weighted by Crippen LogP contribution is -2.23. The molecule has 0 fully saturated rings. The molecule has 0 radical (unpaired) electrons. The maximum Gasteiger partial charge on any atom is 0.416 e. The van der Waals surface area contributed by atoms with Crippen LogP contribution in [-0.2, 0) is 12.6 Å². The van der Waals surface area contributed by atoms with Crippen LogP contribution >= 0.6 is 0 Å². The first-order chi connectivity index (χ1) is 9.40. The van der Waals surface area contributed by atoms with Crippen LogP contribution in [0, 0.1) is 0 Å². The Bertz CT molecular complexity index is 557. The van der Waals surface area contributed by atoms with Gasteiger partial charge in [-0.2, -0.15) is 13.2 Å². The van der Waals surface area contributed by atoms with Gasteiger partial charge in [-0.3, -0.25) is 0 Å². The number of alkyl halides is 3.